The summed E-state index contributed by atoms with van der Waals surface area (Å²) >= 11 is 5.95. The van der Waals surface area contributed by atoms with Crippen LogP contribution in [-0.4, -0.2) is 24.4 Å². The van der Waals surface area contributed by atoms with E-state index in [1.54, 1.807) is 30.3 Å². The molecule has 3 rings (SSSR count). The SMILES string of the molecule is O=C(COC(=O)CCC(=O)Nc1cccc2ccccc12)Nc1ccccc1Cl. The van der Waals surface area contributed by atoms with Crippen LogP contribution in [-0.2, 0) is 19.1 Å². The highest BCUT2D eigenvalue weighted by Crippen LogP contribution is 2.23. The Morgan fingerprint density at radius 3 is 2.24 bits per heavy atom. The number of nitrogens with one attached hydrogen (secondary N) is 2. The van der Waals surface area contributed by atoms with Crippen molar-refractivity contribution in [2.45, 2.75) is 12.8 Å². The molecule has 3 aromatic carbocycles. The van der Waals surface area contributed by atoms with Crippen molar-refractivity contribution in [2.24, 2.45) is 0 Å². The zero-order chi connectivity index (χ0) is 20.6. The fourth-order valence-electron chi connectivity index (χ4n) is 2.73. The Balaban J connectivity index is 1.43. The smallest absolute Gasteiger partial charge is 0.306 e. The fourth-order valence-corrected chi connectivity index (χ4v) is 2.91. The molecule has 0 atom stereocenters. The minimum Gasteiger partial charge on any atom is -0.456 e. The van der Waals surface area contributed by atoms with Gasteiger partial charge in [0, 0.05) is 17.5 Å². The summed E-state index contributed by atoms with van der Waals surface area (Å²) in [4.78, 5) is 35.8. The maximum Gasteiger partial charge on any atom is 0.306 e. The Bertz CT molecular complexity index is 1050. The maximum atomic E-state index is 12.2. The van der Waals surface area contributed by atoms with Gasteiger partial charge in [-0.3, -0.25) is 14.4 Å². The number of anilines is 2. The largest absolute Gasteiger partial charge is 0.456 e. The third-order valence-electron chi connectivity index (χ3n) is 4.13. The molecule has 0 radical (unpaired) electrons. The lowest BCUT2D eigenvalue weighted by Crippen LogP contribution is -2.22. The minimum atomic E-state index is -0.632. The lowest BCUT2D eigenvalue weighted by Gasteiger charge is -2.09. The van der Waals surface area contributed by atoms with Crippen LogP contribution < -0.4 is 10.6 Å². The van der Waals surface area contributed by atoms with Crippen LogP contribution in [0.25, 0.3) is 10.8 Å². The lowest BCUT2D eigenvalue weighted by atomic mass is 10.1. The van der Waals surface area contributed by atoms with Crippen molar-refractivity contribution >= 4 is 51.5 Å². The molecule has 0 heterocycles. The Kier molecular flexibility index (Phi) is 6.81. The third kappa shape index (κ3) is 5.80. The van der Waals surface area contributed by atoms with E-state index >= 15 is 0 Å². The first-order valence-electron chi connectivity index (χ1n) is 9.00. The van der Waals surface area contributed by atoms with Gasteiger partial charge < -0.3 is 15.4 Å². The van der Waals surface area contributed by atoms with E-state index < -0.39 is 18.5 Å². The third-order valence-corrected chi connectivity index (χ3v) is 4.46. The van der Waals surface area contributed by atoms with Crippen LogP contribution in [0.1, 0.15) is 12.8 Å². The lowest BCUT2D eigenvalue weighted by molar-refractivity contribution is -0.147. The summed E-state index contributed by atoms with van der Waals surface area (Å²) in [5, 5.41) is 7.67. The number of ether oxygens (including phenoxy) is 1. The fraction of sp³-hybridized carbons (Fsp3) is 0.136. The van der Waals surface area contributed by atoms with Crippen LogP contribution in [0.15, 0.2) is 66.7 Å². The van der Waals surface area contributed by atoms with Gasteiger partial charge in [0.15, 0.2) is 6.61 Å². The van der Waals surface area contributed by atoms with Crippen molar-refractivity contribution in [1.82, 2.24) is 0 Å². The van der Waals surface area contributed by atoms with Crippen molar-refractivity contribution in [3.8, 4) is 0 Å². The number of benzene rings is 3. The summed E-state index contributed by atoms with van der Waals surface area (Å²) in [6.45, 7) is -0.449. The highest BCUT2D eigenvalue weighted by molar-refractivity contribution is 6.33. The first-order valence-corrected chi connectivity index (χ1v) is 9.38. The monoisotopic (exact) mass is 410 g/mol. The molecule has 6 nitrogen and oxygen atoms in total. The van der Waals surface area contributed by atoms with Crippen LogP contribution in [0.5, 0.6) is 0 Å². The Labute approximate surface area is 172 Å². The van der Waals surface area contributed by atoms with Gasteiger partial charge in [-0.1, -0.05) is 60.1 Å². The molecule has 0 fully saturated rings. The molecule has 7 heteroatoms. The molecular formula is C22H19ClN2O4. The molecule has 0 aliphatic carbocycles. The van der Waals surface area contributed by atoms with Gasteiger partial charge in [0.25, 0.3) is 5.91 Å². The Morgan fingerprint density at radius 1 is 0.759 bits per heavy atom. The second-order valence-electron chi connectivity index (χ2n) is 6.26. The first kappa shape index (κ1) is 20.4. The van der Waals surface area contributed by atoms with Crippen molar-refractivity contribution in [2.75, 3.05) is 17.2 Å². The van der Waals surface area contributed by atoms with Crippen molar-refractivity contribution in [1.29, 1.82) is 0 Å². The van der Waals surface area contributed by atoms with Crippen molar-refractivity contribution in [3.63, 3.8) is 0 Å². The van der Waals surface area contributed by atoms with Crippen LogP contribution in [0, 0.1) is 0 Å². The van der Waals surface area contributed by atoms with Gasteiger partial charge in [0.2, 0.25) is 5.91 Å². The van der Waals surface area contributed by atoms with Gasteiger partial charge in [-0.2, -0.15) is 0 Å². The molecule has 2 amide bonds. The molecule has 0 spiro atoms. The highest BCUT2D eigenvalue weighted by Gasteiger charge is 2.12. The second kappa shape index (κ2) is 9.71. The Hall–Kier alpha value is -3.38. The van der Waals surface area contributed by atoms with E-state index in [1.807, 2.05) is 36.4 Å². The van der Waals surface area contributed by atoms with Crippen LogP contribution in [0.2, 0.25) is 5.02 Å². The summed E-state index contributed by atoms with van der Waals surface area (Å²) in [5.74, 6) is -1.45. The molecule has 148 valence electrons. The number of hydrogen-bond donors (Lipinski definition) is 2. The molecular weight excluding hydrogens is 392 g/mol. The van der Waals surface area contributed by atoms with Crippen LogP contribution in [0.4, 0.5) is 11.4 Å². The first-order chi connectivity index (χ1) is 14.0. The highest BCUT2D eigenvalue weighted by atomic mass is 35.5. The van der Waals surface area contributed by atoms with E-state index in [4.69, 9.17) is 16.3 Å². The van der Waals surface area contributed by atoms with Crippen molar-refractivity contribution < 1.29 is 19.1 Å². The summed E-state index contributed by atoms with van der Waals surface area (Å²) in [5.41, 5.74) is 1.12. The number of carbonyl (C=O) groups excluding carboxylic acids is 3. The van der Waals surface area contributed by atoms with Crippen molar-refractivity contribution in [3.05, 3.63) is 71.8 Å². The van der Waals surface area contributed by atoms with Crippen LogP contribution >= 0.6 is 11.6 Å². The van der Waals surface area contributed by atoms with E-state index in [2.05, 4.69) is 10.6 Å². The predicted molar refractivity (Wildman–Crippen MR) is 113 cm³/mol. The maximum absolute atomic E-state index is 12.2. The second-order valence-corrected chi connectivity index (χ2v) is 6.67. The zero-order valence-electron chi connectivity index (χ0n) is 15.5. The van der Waals surface area contributed by atoms with Gasteiger partial charge in [0.1, 0.15) is 0 Å². The Morgan fingerprint density at radius 2 is 1.41 bits per heavy atom. The minimum absolute atomic E-state index is 0.0474. The van der Waals surface area contributed by atoms with E-state index in [0.717, 1.165) is 10.8 Å². The number of rotatable bonds is 7. The number of para-hydroxylation sites is 1. The molecule has 0 saturated heterocycles. The van der Waals surface area contributed by atoms with Gasteiger partial charge >= 0.3 is 5.97 Å². The van der Waals surface area contributed by atoms with E-state index in [1.165, 1.54) is 0 Å². The number of fused-ring (bicyclic) bond motifs is 1. The van der Waals surface area contributed by atoms with Crippen LogP contribution in [0.3, 0.4) is 0 Å². The molecule has 0 aromatic heterocycles. The standard InChI is InChI=1S/C22H19ClN2O4/c23-17-9-3-4-10-19(17)25-21(27)14-29-22(28)13-12-20(26)24-18-11-5-7-15-6-1-2-8-16(15)18/h1-11H,12-14H2,(H,24,26)(H,25,27). The van der Waals surface area contributed by atoms with E-state index in [-0.39, 0.29) is 18.7 Å². The number of hydrogen-bond acceptors (Lipinski definition) is 4. The summed E-state index contributed by atoms with van der Waals surface area (Å²) in [6.07, 6.45) is -0.176. The van der Waals surface area contributed by atoms with E-state index in [9.17, 15) is 14.4 Å². The molecule has 29 heavy (non-hydrogen) atoms. The number of esters is 1. The van der Waals surface area contributed by atoms with Gasteiger partial charge in [0.05, 0.1) is 17.1 Å². The average Bonchev–Trinajstić information content (AvgIpc) is 2.73. The normalized spacial score (nSPS) is 10.4. The topological polar surface area (TPSA) is 84.5 Å². The van der Waals surface area contributed by atoms with Gasteiger partial charge in [-0.15, -0.1) is 0 Å². The van der Waals surface area contributed by atoms with Gasteiger partial charge in [-0.05, 0) is 23.6 Å². The summed E-state index contributed by atoms with van der Waals surface area (Å²) in [6, 6.07) is 20.0. The summed E-state index contributed by atoms with van der Waals surface area (Å²) < 4.78 is 4.91. The zero-order valence-corrected chi connectivity index (χ0v) is 16.2. The molecule has 0 unspecified atom stereocenters. The molecule has 3 aromatic rings. The molecule has 0 bridgehead atoms. The summed E-state index contributed by atoms with van der Waals surface area (Å²) in [7, 11) is 0. The molecule has 0 aliphatic rings. The quantitative estimate of drug-likeness (QED) is 0.565. The molecule has 2 N–H and O–H groups in total. The predicted octanol–water partition coefficient (Wildman–Crippen LogP) is 4.39. The van der Waals surface area contributed by atoms with E-state index in [0.29, 0.717) is 16.4 Å². The average molecular weight is 411 g/mol. The number of amides is 2. The number of halogens is 1. The van der Waals surface area contributed by atoms with Gasteiger partial charge in [-0.25, -0.2) is 0 Å². The number of carbonyl (C=O) groups is 3. The molecule has 0 saturated carbocycles. The molecule has 0 aliphatic heterocycles.